The Balaban J connectivity index is 1.99. The molecule has 0 heterocycles. The third-order valence-electron chi connectivity index (χ3n) is 3.08. The molecule has 0 amide bonds. The molecular weight excluding hydrogens is 254 g/mol. The number of aryl methyl sites for hydroxylation is 1. The Bertz CT molecular complexity index is 340. The SMILES string of the molecule is COCCOCCOCCNC(C)c1ccc(C)cc1. The molecule has 0 saturated heterocycles. The van der Waals surface area contributed by atoms with Crippen molar-refractivity contribution in [1.29, 1.82) is 0 Å². The second kappa shape index (κ2) is 10.8. The Kier molecular flexibility index (Phi) is 9.24. The first-order valence-corrected chi connectivity index (χ1v) is 7.18. The summed E-state index contributed by atoms with van der Waals surface area (Å²) in [6.45, 7) is 8.32. The van der Waals surface area contributed by atoms with Crippen LogP contribution < -0.4 is 5.32 Å². The molecule has 1 aromatic rings. The van der Waals surface area contributed by atoms with Crippen LogP contribution in [-0.2, 0) is 14.2 Å². The third kappa shape index (κ3) is 7.60. The number of hydrogen-bond donors (Lipinski definition) is 1. The molecule has 1 rings (SSSR count). The van der Waals surface area contributed by atoms with Gasteiger partial charge in [-0.05, 0) is 19.4 Å². The number of hydrogen-bond acceptors (Lipinski definition) is 4. The van der Waals surface area contributed by atoms with Crippen molar-refractivity contribution >= 4 is 0 Å². The summed E-state index contributed by atoms with van der Waals surface area (Å²) < 4.78 is 15.7. The lowest BCUT2D eigenvalue weighted by Crippen LogP contribution is -2.24. The third-order valence-corrected chi connectivity index (χ3v) is 3.08. The van der Waals surface area contributed by atoms with Crippen LogP contribution in [0.5, 0.6) is 0 Å². The first-order valence-electron chi connectivity index (χ1n) is 7.18. The van der Waals surface area contributed by atoms with Crippen molar-refractivity contribution in [2.75, 3.05) is 46.7 Å². The molecule has 4 nitrogen and oxygen atoms in total. The van der Waals surface area contributed by atoms with Crippen LogP contribution >= 0.6 is 0 Å². The van der Waals surface area contributed by atoms with Gasteiger partial charge in [-0.3, -0.25) is 0 Å². The van der Waals surface area contributed by atoms with Crippen LogP contribution in [0.3, 0.4) is 0 Å². The van der Waals surface area contributed by atoms with E-state index in [9.17, 15) is 0 Å². The summed E-state index contributed by atoms with van der Waals surface area (Å²) >= 11 is 0. The smallest absolute Gasteiger partial charge is 0.0701 e. The standard InChI is InChI=1S/C16H27NO3/c1-14-4-6-16(7-5-14)15(2)17-8-9-19-12-13-20-11-10-18-3/h4-7,15,17H,8-13H2,1-3H3. The molecule has 4 heteroatoms. The lowest BCUT2D eigenvalue weighted by atomic mass is 10.1. The fourth-order valence-electron chi connectivity index (χ4n) is 1.78. The number of ether oxygens (including phenoxy) is 3. The van der Waals surface area contributed by atoms with Crippen LogP contribution in [0.2, 0.25) is 0 Å². The zero-order chi connectivity index (χ0) is 14.6. The Hall–Kier alpha value is -0.940. The van der Waals surface area contributed by atoms with E-state index in [1.54, 1.807) is 7.11 Å². The highest BCUT2D eigenvalue weighted by Gasteiger charge is 2.03. The summed E-state index contributed by atoms with van der Waals surface area (Å²) in [4.78, 5) is 0. The van der Waals surface area contributed by atoms with E-state index >= 15 is 0 Å². The van der Waals surface area contributed by atoms with E-state index in [2.05, 4.69) is 43.4 Å². The monoisotopic (exact) mass is 281 g/mol. The number of benzene rings is 1. The average Bonchev–Trinajstić information content (AvgIpc) is 2.46. The van der Waals surface area contributed by atoms with Crippen molar-refractivity contribution in [3.05, 3.63) is 35.4 Å². The summed E-state index contributed by atoms with van der Waals surface area (Å²) in [6.07, 6.45) is 0. The number of methoxy groups -OCH3 is 1. The van der Waals surface area contributed by atoms with E-state index in [0.29, 0.717) is 39.1 Å². The Labute approximate surface area is 122 Å². The van der Waals surface area contributed by atoms with E-state index in [4.69, 9.17) is 14.2 Å². The number of nitrogens with one attached hydrogen (secondary N) is 1. The molecule has 0 bridgehead atoms. The highest BCUT2D eigenvalue weighted by atomic mass is 16.5. The van der Waals surface area contributed by atoms with Gasteiger partial charge in [-0.2, -0.15) is 0 Å². The molecule has 1 aromatic carbocycles. The van der Waals surface area contributed by atoms with Crippen molar-refractivity contribution in [1.82, 2.24) is 5.32 Å². The van der Waals surface area contributed by atoms with Crippen molar-refractivity contribution in [3.63, 3.8) is 0 Å². The second-order valence-electron chi connectivity index (χ2n) is 4.80. The van der Waals surface area contributed by atoms with Gasteiger partial charge in [-0.1, -0.05) is 29.8 Å². The molecule has 0 spiro atoms. The van der Waals surface area contributed by atoms with Crippen LogP contribution in [0.1, 0.15) is 24.1 Å². The van der Waals surface area contributed by atoms with Gasteiger partial charge in [0, 0.05) is 19.7 Å². The zero-order valence-corrected chi connectivity index (χ0v) is 12.9. The van der Waals surface area contributed by atoms with Gasteiger partial charge in [0.1, 0.15) is 0 Å². The molecule has 114 valence electrons. The molecule has 1 unspecified atom stereocenters. The van der Waals surface area contributed by atoms with Gasteiger partial charge < -0.3 is 19.5 Å². The Morgan fingerprint density at radius 2 is 1.55 bits per heavy atom. The van der Waals surface area contributed by atoms with Gasteiger partial charge in [0.25, 0.3) is 0 Å². The summed E-state index contributed by atoms with van der Waals surface area (Å²) in [5, 5.41) is 3.44. The molecule has 0 fully saturated rings. The van der Waals surface area contributed by atoms with Gasteiger partial charge in [0.15, 0.2) is 0 Å². The van der Waals surface area contributed by atoms with Gasteiger partial charge in [0.2, 0.25) is 0 Å². The van der Waals surface area contributed by atoms with Crippen LogP contribution in [0.15, 0.2) is 24.3 Å². The summed E-state index contributed by atoms with van der Waals surface area (Å²) in [6, 6.07) is 8.95. The molecule has 0 aliphatic carbocycles. The first kappa shape index (κ1) is 17.1. The molecule has 0 saturated carbocycles. The maximum Gasteiger partial charge on any atom is 0.0701 e. The fraction of sp³-hybridized carbons (Fsp3) is 0.625. The molecular formula is C16H27NO3. The quantitative estimate of drug-likeness (QED) is 0.632. The van der Waals surface area contributed by atoms with Crippen molar-refractivity contribution in [2.24, 2.45) is 0 Å². The van der Waals surface area contributed by atoms with E-state index in [-0.39, 0.29) is 0 Å². The predicted molar refractivity (Wildman–Crippen MR) is 81.1 cm³/mol. The summed E-state index contributed by atoms with van der Waals surface area (Å²) in [5.41, 5.74) is 2.59. The lowest BCUT2D eigenvalue weighted by Gasteiger charge is -2.14. The minimum absolute atomic E-state index is 0.345. The largest absolute Gasteiger partial charge is 0.382 e. The van der Waals surface area contributed by atoms with Gasteiger partial charge in [-0.15, -0.1) is 0 Å². The lowest BCUT2D eigenvalue weighted by molar-refractivity contribution is 0.0253. The Morgan fingerprint density at radius 3 is 2.20 bits per heavy atom. The van der Waals surface area contributed by atoms with Crippen molar-refractivity contribution < 1.29 is 14.2 Å². The highest BCUT2D eigenvalue weighted by molar-refractivity contribution is 5.23. The van der Waals surface area contributed by atoms with E-state index in [1.165, 1.54) is 11.1 Å². The molecule has 20 heavy (non-hydrogen) atoms. The second-order valence-corrected chi connectivity index (χ2v) is 4.80. The maximum atomic E-state index is 5.49. The summed E-state index contributed by atoms with van der Waals surface area (Å²) in [7, 11) is 1.67. The molecule has 1 atom stereocenters. The zero-order valence-electron chi connectivity index (χ0n) is 12.9. The van der Waals surface area contributed by atoms with E-state index in [1.807, 2.05) is 0 Å². The van der Waals surface area contributed by atoms with Crippen LogP contribution in [-0.4, -0.2) is 46.7 Å². The van der Waals surface area contributed by atoms with Crippen LogP contribution in [0.4, 0.5) is 0 Å². The molecule has 1 N–H and O–H groups in total. The van der Waals surface area contributed by atoms with E-state index in [0.717, 1.165) is 6.54 Å². The molecule has 0 radical (unpaired) electrons. The topological polar surface area (TPSA) is 39.7 Å². The molecule has 0 aliphatic heterocycles. The molecule has 0 aromatic heterocycles. The normalized spacial score (nSPS) is 12.6. The van der Waals surface area contributed by atoms with Crippen LogP contribution in [0.25, 0.3) is 0 Å². The van der Waals surface area contributed by atoms with E-state index < -0.39 is 0 Å². The van der Waals surface area contributed by atoms with Gasteiger partial charge in [0.05, 0.1) is 33.0 Å². The van der Waals surface area contributed by atoms with Gasteiger partial charge >= 0.3 is 0 Å². The maximum absolute atomic E-state index is 5.49. The molecule has 0 aliphatic rings. The first-order chi connectivity index (χ1) is 9.74. The minimum atomic E-state index is 0.345. The number of rotatable bonds is 11. The van der Waals surface area contributed by atoms with Crippen LogP contribution in [0, 0.1) is 6.92 Å². The predicted octanol–water partition coefficient (Wildman–Crippen LogP) is 2.33. The fourth-order valence-corrected chi connectivity index (χ4v) is 1.78. The summed E-state index contributed by atoms with van der Waals surface area (Å²) in [5.74, 6) is 0. The van der Waals surface area contributed by atoms with Crippen molar-refractivity contribution in [3.8, 4) is 0 Å². The average molecular weight is 281 g/mol. The minimum Gasteiger partial charge on any atom is -0.382 e. The highest BCUT2D eigenvalue weighted by Crippen LogP contribution is 2.12. The van der Waals surface area contributed by atoms with Gasteiger partial charge in [-0.25, -0.2) is 0 Å². The van der Waals surface area contributed by atoms with Crippen molar-refractivity contribution in [2.45, 2.75) is 19.9 Å². The Morgan fingerprint density at radius 1 is 0.950 bits per heavy atom.